The summed E-state index contributed by atoms with van der Waals surface area (Å²) in [6, 6.07) is 0. The predicted octanol–water partition coefficient (Wildman–Crippen LogP) is 1.34. The van der Waals surface area contributed by atoms with Crippen molar-refractivity contribution in [2.45, 2.75) is 44.1 Å². The van der Waals surface area contributed by atoms with E-state index in [1.807, 2.05) is 0 Å². The van der Waals surface area contributed by atoms with Crippen LogP contribution in [0.3, 0.4) is 0 Å². The quantitative estimate of drug-likeness (QED) is 0.646. The summed E-state index contributed by atoms with van der Waals surface area (Å²) in [4.78, 5) is 22.1. The van der Waals surface area contributed by atoms with Gasteiger partial charge in [-0.3, -0.25) is 9.59 Å². The topological polar surface area (TPSA) is 63.6 Å². The lowest BCUT2D eigenvalue weighted by Gasteiger charge is -2.34. The summed E-state index contributed by atoms with van der Waals surface area (Å²) in [6.07, 6.45) is 4.54. The van der Waals surface area contributed by atoms with Crippen molar-refractivity contribution >= 4 is 11.9 Å². The van der Waals surface area contributed by atoms with E-state index in [1.54, 1.807) is 0 Å². The third-order valence-electron chi connectivity index (χ3n) is 3.32. The third kappa shape index (κ3) is 1.38. The maximum Gasteiger partial charge on any atom is 0.311 e. The van der Waals surface area contributed by atoms with Crippen LogP contribution in [-0.4, -0.2) is 22.6 Å². The number of ether oxygens (including phenoxy) is 1. The molecule has 0 radical (unpaired) electrons. The molecule has 0 bridgehead atoms. The minimum absolute atomic E-state index is 0.0509. The highest BCUT2D eigenvalue weighted by atomic mass is 16.6. The molecule has 1 aliphatic heterocycles. The van der Waals surface area contributed by atoms with Gasteiger partial charge in [0.1, 0.15) is 11.5 Å². The van der Waals surface area contributed by atoms with Gasteiger partial charge in [0, 0.05) is 0 Å². The average Bonchev–Trinajstić information content (AvgIpc) is 2.44. The fourth-order valence-corrected chi connectivity index (χ4v) is 2.61. The molecule has 1 saturated heterocycles. The van der Waals surface area contributed by atoms with Crippen LogP contribution >= 0.6 is 0 Å². The Bertz CT molecular complexity index is 265. The molecule has 4 nitrogen and oxygen atoms in total. The van der Waals surface area contributed by atoms with Crippen molar-refractivity contribution in [2.75, 3.05) is 0 Å². The Hall–Kier alpha value is -1.06. The van der Waals surface area contributed by atoms with E-state index in [4.69, 9.17) is 9.84 Å². The maximum absolute atomic E-state index is 11.1. The highest BCUT2D eigenvalue weighted by Gasteiger charge is 2.52. The molecule has 14 heavy (non-hydrogen) atoms. The first kappa shape index (κ1) is 9.49. The molecular formula is C10H14O4. The predicted molar refractivity (Wildman–Crippen MR) is 47.7 cm³/mol. The molecule has 2 rings (SSSR count). The van der Waals surface area contributed by atoms with Crippen molar-refractivity contribution in [3.63, 3.8) is 0 Å². The van der Waals surface area contributed by atoms with Gasteiger partial charge in [-0.15, -0.1) is 0 Å². The fraction of sp³-hybridized carbons (Fsp3) is 0.800. The second-order valence-corrected chi connectivity index (χ2v) is 4.19. The Labute approximate surface area is 82.2 Å². The van der Waals surface area contributed by atoms with Gasteiger partial charge in [0.25, 0.3) is 0 Å². The number of carbonyl (C=O) groups is 2. The number of carboxylic acid groups (broad SMARTS) is 1. The minimum Gasteiger partial charge on any atom is -0.481 e. The van der Waals surface area contributed by atoms with Gasteiger partial charge >= 0.3 is 11.9 Å². The molecule has 0 aromatic carbocycles. The number of aliphatic carboxylic acids is 1. The molecule has 0 aromatic heterocycles. The molecule has 0 unspecified atom stereocenters. The summed E-state index contributed by atoms with van der Waals surface area (Å²) >= 11 is 0. The Morgan fingerprint density at radius 2 is 2.00 bits per heavy atom. The highest BCUT2D eigenvalue weighted by Crippen LogP contribution is 2.44. The normalized spacial score (nSPS) is 30.3. The first-order valence-electron chi connectivity index (χ1n) is 5.09. The highest BCUT2D eigenvalue weighted by molar-refractivity contribution is 5.83. The molecule has 2 aliphatic rings. The first-order chi connectivity index (χ1) is 6.64. The fourth-order valence-electron chi connectivity index (χ4n) is 2.61. The van der Waals surface area contributed by atoms with Gasteiger partial charge < -0.3 is 9.84 Å². The average molecular weight is 198 g/mol. The van der Waals surface area contributed by atoms with Crippen molar-refractivity contribution in [1.82, 2.24) is 0 Å². The van der Waals surface area contributed by atoms with Gasteiger partial charge in [0.05, 0.1) is 6.42 Å². The van der Waals surface area contributed by atoms with Crippen molar-refractivity contribution < 1.29 is 19.4 Å². The summed E-state index contributed by atoms with van der Waals surface area (Å²) in [5.41, 5.74) is -0.666. The number of carboxylic acids is 1. The van der Waals surface area contributed by atoms with E-state index in [9.17, 15) is 9.59 Å². The van der Waals surface area contributed by atoms with Crippen molar-refractivity contribution in [3.8, 4) is 0 Å². The number of hydrogen-bond acceptors (Lipinski definition) is 3. The second-order valence-electron chi connectivity index (χ2n) is 4.19. The number of carbonyl (C=O) groups excluding carboxylic acids is 1. The van der Waals surface area contributed by atoms with Crippen LogP contribution in [0.2, 0.25) is 0 Å². The smallest absolute Gasteiger partial charge is 0.311 e. The zero-order valence-corrected chi connectivity index (χ0v) is 7.99. The lowest BCUT2D eigenvalue weighted by atomic mass is 9.76. The summed E-state index contributed by atoms with van der Waals surface area (Å²) in [7, 11) is 0. The summed E-state index contributed by atoms with van der Waals surface area (Å²) in [5.74, 6) is -1.85. The molecule has 78 valence electrons. The molecule has 0 aromatic rings. The van der Waals surface area contributed by atoms with E-state index >= 15 is 0 Å². The van der Waals surface area contributed by atoms with Gasteiger partial charge in [-0.05, 0) is 25.7 Å². The van der Waals surface area contributed by atoms with Gasteiger partial charge in [-0.1, -0.05) is 6.42 Å². The van der Waals surface area contributed by atoms with Crippen LogP contribution in [0.15, 0.2) is 0 Å². The Balaban J connectivity index is 2.21. The van der Waals surface area contributed by atoms with Crippen LogP contribution in [0.5, 0.6) is 0 Å². The molecule has 4 heteroatoms. The summed E-state index contributed by atoms with van der Waals surface area (Å²) < 4.78 is 5.24. The zero-order valence-electron chi connectivity index (χ0n) is 7.99. The van der Waals surface area contributed by atoms with Gasteiger partial charge in [-0.25, -0.2) is 0 Å². The van der Waals surface area contributed by atoms with E-state index < -0.39 is 17.5 Å². The van der Waals surface area contributed by atoms with Crippen LogP contribution in [0.1, 0.15) is 38.5 Å². The van der Waals surface area contributed by atoms with E-state index in [-0.39, 0.29) is 12.4 Å². The Morgan fingerprint density at radius 3 is 2.57 bits per heavy atom. The summed E-state index contributed by atoms with van der Waals surface area (Å²) in [5, 5.41) is 9.02. The lowest BCUT2D eigenvalue weighted by molar-refractivity contribution is -0.157. The van der Waals surface area contributed by atoms with Crippen LogP contribution < -0.4 is 0 Å². The van der Waals surface area contributed by atoms with Gasteiger partial charge in [0.15, 0.2) is 0 Å². The lowest BCUT2D eigenvalue weighted by Crippen LogP contribution is -2.41. The van der Waals surface area contributed by atoms with Gasteiger partial charge in [0.2, 0.25) is 0 Å². The SMILES string of the molecule is O=C1C[C@@H](C(=O)O)C2(CCCCC2)O1. The monoisotopic (exact) mass is 198 g/mol. The molecule has 1 spiro atoms. The molecule has 1 heterocycles. The van der Waals surface area contributed by atoms with Crippen LogP contribution in [-0.2, 0) is 14.3 Å². The standard InChI is InChI=1S/C10H14O4/c11-8-6-7(9(12)13)10(14-8)4-2-1-3-5-10/h7H,1-6H2,(H,12,13)/t7-/m0/s1. The Kier molecular flexibility index (Phi) is 2.21. The van der Waals surface area contributed by atoms with Crippen molar-refractivity contribution in [3.05, 3.63) is 0 Å². The number of hydrogen-bond donors (Lipinski definition) is 1. The van der Waals surface area contributed by atoms with E-state index in [1.165, 1.54) is 0 Å². The van der Waals surface area contributed by atoms with Crippen LogP contribution in [0, 0.1) is 5.92 Å². The zero-order chi connectivity index (χ0) is 10.2. The van der Waals surface area contributed by atoms with Crippen LogP contribution in [0.25, 0.3) is 0 Å². The largest absolute Gasteiger partial charge is 0.481 e. The third-order valence-corrected chi connectivity index (χ3v) is 3.32. The molecule has 1 N–H and O–H groups in total. The maximum atomic E-state index is 11.1. The summed E-state index contributed by atoms with van der Waals surface area (Å²) in [6.45, 7) is 0. The van der Waals surface area contributed by atoms with Crippen molar-refractivity contribution in [1.29, 1.82) is 0 Å². The molecular weight excluding hydrogens is 184 g/mol. The molecule has 2 fully saturated rings. The van der Waals surface area contributed by atoms with Crippen molar-refractivity contribution in [2.24, 2.45) is 5.92 Å². The molecule has 0 amide bonds. The number of esters is 1. The molecule has 1 aliphatic carbocycles. The minimum atomic E-state index is -0.891. The Morgan fingerprint density at radius 1 is 1.36 bits per heavy atom. The molecule has 1 atom stereocenters. The van der Waals surface area contributed by atoms with E-state index in [2.05, 4.69) is 0 Å². The van der Waals surface area contributed by atoms with E-state index in [0.717, 1.165) is 32.1 Å². The molecule has 1 saturated carbocycles. The second kappa shape index (κ2) is 3.26. The van der Waals surface area contributed by atoms with E-state index in [0.29, 0.717) is 0 Å². The number of rotatable bonds is 1. The van der Waals surface area contributed by atoms with Crippen LogP contribution in [0.4, 0.5) is 0 Å². The van der Waals surface area contributed by atoms with Gasteiger partial charge in [-0.2, -0.15) is 0 Å². The first-order valence-corrected chi connectivity index (χ1v) is 5.09.